The van der Waals surface area contributed by atoms with E-state index >= 15 is 0 Å². The van der Waals surface area contributed by atoms with Gasteiger partial charge in [-0.2, -0.15) is 0 Å². The molecule has 1 heterocycles. The molecule has 1 saturated heterocycles. The maximum atomic E-state index is 12.3. The molecule has 112 valence electrons. The Balaban J connectivity index is 1.85. The van der Waals surface area contributed by atoms with Gasteiger partial charge in [0.1, 0.15) is 0 Å². The molecule has 2 unspecified atom stereocenters. The van der Waals surface area contributed by atoms with Crippen LogP contribution in [0.25, 0.3) is 0 Å². The maximum Gasteiger partial charge on any atom is 0.308 e. The van der Waals surface area contributed by atoms with Crippen LogP contribution in [0.2, 0.25) is 0 Å². The quantitative estimate of drug-likeness (QED) is 0.766. The molecule has 2 fully saturated rings. The third kappa shape index (κ3) is 3.49. The van der Waals surface area contributed by atoms with Crippen molar-refractivity contribution in [1.29, 1.82) is 0 Å². The van der Waals surface area contributed by atoms with Crippen LogP contribution in [0.15, 0.2) is 0 Å². The molecule has 1 aliphatic heterocycles. The number of hydrogen-bond acceptors (Lipinski definition) is 3. The Hall–Kier alpha value is -1.59. The lowest BCUT2D eigenvalue weighted by Gasteiger charge is -2.23. The van der Waals surface area contributed by atoms with Crippen molar-refractivity contribution >= 4 is 17.8 Å². The van der Waals surface area contributed by atoms with Crippen molar-refractivity contribution in [3.63, 3.8) is 0 Å². The van der Waals surface area contributed by atoms with Gasteiger partial charge in [-0.25, -0.2) is 0 Å². The molecule has 6 heteroatoms. The van der Waals surface area contributed by atoms with Crippen LogP contribution in [0, 0.1) is 17.8 Å². The van der Waals surface area contributed by atoms with Gasteiger partial charge in [-0.1, -0.05) is 6.92 Å². The van der Waals surface area contributed by atoms with Crippen molar-refractivity contribution in [2.24, 2.45) is 17.8 Å². The summed E-state index contributed by atoms with van der Waals surface area (Å²) in [6.45, 7) is 3.02. The van der Waals surface area contributed by atoms with Crippen molar-refractivity contribution in [3.8, 4) is 0 Å². The number of hydrogen-bond donors (Lipinski definition) is 1. The van der Waals surface area contributed by atoms with Gasteiger partial charge in [-0.3, -0.25) is 14.4 Å². The SMILES string of the molecule is CC(CN(C)C(=O)C1CC(=O)N(CC2CC2)C1)C(=O)O. The number of carbonyl (C=O) groups excluding carboxylic acids is 2. The summed E-state index contributed by atoms with van der Waals surface area (Å²) in [5.74, 6) is -1.27. The van der Waals surface area contributed by atoms with Gasteiger partial charge in [0.05, 0.1) is 11.8 Å². The molecule has 2 amide bonds. The molecule has 0 bridgehead atoms. The standard InChI is InChI=1S/C14H22N2O4/c1-9(14(19)20)6-15(2)13(18)11-5-12(17)16(8-11)7-10-3-4-10/h9-11H,3-8H2,1-2H3,(H,19,20). The molecule has 1 N–H and O–H groups in total. The van der Waals surface area contributed by atoms with E-state index in [1.54, 1.807) is 18.9 Å². The predicted molar refractivity (Wildman–Crippen MR) is 71.8 cm³/mol. The van der Waals surface area contributed by atoms with Crippen molar-refractivity contribution < 1.29 is 19.5 Å². The average molecular weight is 282 g/mol. The van der Waals surface area contributed by atoms with Crippen LogP contribution < -0.4 is 0 Å². The lowest BCUT2D eigenvalue weighted by Crippen LogP contribution is -2.38. The predicted octanol–water partition coefficient (Wildman–Crippen LogP) is 0.424. The van der Waals surface area contributed by atoms with E-state index in [0.29, 0.717) is 12.5 Å². The summed E-state index contributed by atoms with van der Waals surface area (Å²) < 4.78 is 0. The maximum absolute atomic E-state index is 12.3. The molecule has 0 spiro atoms. The van der Waals surface area contributed by atoms with Crippen molar-refractivity contribution in [2.75, 3.05) is 26.7 Å². The summed E-state index contributed by atoms with van der Waals surface area (Å²) in [7, 11) is 1.61. The minimum absolute atomic E-state index is 0.0509. The van der Waals surface area contributed by atoms with E-state index in [0.717, 1.165) is 6.54 Å². The van der Waals surface area contributed by atoms with E-state index in [-0.39, 0.29) is 30.7 Å². The van der Waals surface area contributed by atoms with Crippen LogP contribution in [0.4, 0.5) is 0 Å². The number of carboxylic acid groups (broad SMARTS) is 1. The molecular weight excluding hydrogens is 260 g/mol. The number of aliphatic carboxylic acids is 1. The first-order valence-electron chi connectivity index (χ1n) is 7.14. The van der Waals surface area contributed by atoms with Gasteiger partial charge in [0, 0.05) is 33.1 Å². The second-order valence-corrected chi connectivity index (χ2v) is 6.10. The summed E-state index contributed by atoms with van der Waals surface area (Å²) >= 11 is 0. The molecule has 20 heavy (non-hydrogen) atoms. The van der Waals surface area contributed by atoms with Crippen molar-refractivity contribution in [2.45, 2.75) is 26.2 Å². The monoisotopic (exact) mass is 282 g/mol. The molecule has 2 atom stereocenters. The van der Waals surface area contributed by atoms with Gasteiger partial charge in [-0.05, 0) is 18.8 Å². The fourth-order valence-corrected chi connectivity index (χ4v) is 2.62. The van der Waals surface area contributed by atoms with E-state index in [1.165, 1.54) is 17.7 Å². The van der Waals surface area contributed by atoms with Gasteiger partial charge < -0.3 is 14.9 Å². The lowest BCUT2D eigenvalue weighted by molar-refractivity contribution is -0.143. The fraction of sp³-hybridized carbons (Fsp3) is 0.786. The Morgan fingerprint density at radius 3 is 2.65 bits per heavy atom. The highest BCUT2D eigenvalue weighted by molar-refractivity contribution is 5.89. The number of carboxylic acids is 1. The highest BCUT2D eigenvalue weighted by Crippen LogP contribution is 2.32. The van der Waals surface area contributed by atoms with Crippen molar-refractivity contribution in [1.82, 2.24) is 9.80 Å². The summed E-state index contributed by atoms with van der Waals surface area (Å²) in [4.78, 5) is 38.2. The minimum Gasteiger partial charge on any atom is -0.481 e. The van der Waals surface area contributed by atoms with Crippen molar-refractivity contribution in [3.05, 3.63) is 0 Å². The number of nitrogens with zero attached hydrogens (tertiary/aromatic N) is 2. The van der Waals surface area contributed by atoms with Crippen LogP contribution >= 0.6 is 0 Å². The normalized spacial score (nSPS) is 23.8. The van der Waals surface area contributed by atoms with Crippen LogP contribution in [0.5, 0.6) is 0 Å². The molecule has 6 nitrogen and oxygen atoms in total. The van der Waals surface area contributed by atoms with Crippen LogP contribution in [0.3, 0.4) is 0 Å². The van der Waals surface area contributed by atoms with Gasteiger partial charge in [0.15, 0.2) is 0 Å². The van der Waals surface area contributed by atoms with Gasteiger partial charge in [0.25, 0.3) is 0 Å². The highest BCUT2D eigenvalue weighted by atomic mass is 16.4. The lowest BCUT2D eigenvalue weighted by atomic mass is 10.1. The van der Waals surface area contributed by atoms with Gasteiger partial charge in [-0.15, -0.1) is 0 Å². The second-order valence-electron chi connectivity index (χ2n) is 6.10. The molecule has 1 saturated carbocycles. The molecule has 2 aliphatic rings. The topological polar surface area (TPSA) is 77.9 Å². The molecule has 0 aromatic heterocycles. The molecule has 0 aromatic rings. The Morgan fingerprint density at radius 1 is 1.45 bits per heavy atom. The smallest absolute Gasteiger partial charge is 0.308 e. The number of carbonyl (C=O) groups is 3. The largest absolute Gasteiger partial charge is 0.481 e. The second kappa shape index (κ2) is 5.81. The molecule has 0 aromatic carbocycles. The van der Waals surface area contributed by atoms with E-state index in [4.69, 9.17) is 5.11 Å². The first-order chi connectivity index (χ1) is 9.38. The molecule has 1 aliphatic carbocycles. The molecule has 2 rings (SSSR count). The summed E-state index contributed by atoms with van der Waals surface area (Å²) in [6, 6.07) is 0. The summed E-state index contributed by atoms with van der Waals surface area (Å²) in [6.07, 6.45) is 2.62. The zero-order chi connectivity index (χ0) is 14.9. The van der Waals surface area contributed by atoms with Crippen LogP contribution in [0.1, 0.15) is 26.2 Å². The average Bonchev–Trinajstić information content (AvgIpc) is 3.12. The van der Waals surface area contributed by atoms with E-state index in [9.17, 15) is 14.4 Å². The highest BCUT2D eigenvalue weighted by Gasteiger charge is 2.38. The molecular formula is C14H22N2O4. The Bertz CT molecular complexity index is 419. The first kappa shape index (κ1) is 14.8. The summed E-state index contributed by atoms with van der Waals surface area (Å²) in [5.41, 5.74) is 0. The van der Waals surface area contributed by atoms with E-state index < -0.39 is 11.9 Å². The third-order valence-electron chi connectivity index (χ3n) is 4.08. The Morgan fingerprint density at radius 2 is 2.10 bits per heavy atom. The minimum atomic E-state index is -0.914. The van der Waals surface area contributed by atoms with Crippen LogP contribution in [-0.4, -0.2) is 59.4 Å². The van der Waals surface area contributed by atoms with Gasteiger partial charge in [0.2, 0.25) is 11.8 Å². The zero-order valence-electron chi connectivity index (χ0n) is 12.0. The number of likely N-dealkylation sites (tertiary alicyclic amines) is 1. The number of amides is 2. The summed E-state index contributed by atoms with van der Waals surface area (Å²) in [5, 5.41) is 8.87. The number of rotatable bonds is 6. The Labute approximate surface area is 118 Å². The fourth-order valence-electron chi connectivity index (χ4n) is 2.62. The van der Waals surface area contributed by atoms with E-state index in [1.807, 2.05) is 0 Å². The Kier molecular flexibility index (Phi) is 4.30. The van der Waals surface area contributed by atoms with Crippen LogP contribution in [-0.2, 0) is 14.4 Å². The zero-order valence-corrected chi connectivity index (χ0v) is 12.0. The van der Waals surface area contributed by atoms with E-state index in [2.05, 4.69) is 0 Å². The van der Waals surface area contributed by atoms with Gasteiger partial charge >= 0.3 is 5.97 Å². The first-order valence-corrected chi connectivity index (χ1v) is 7.14. The third-order valence-corrected chi connectivity index (χ3v) is 4.08. The molecule has 0 radical (unpaired) electrons.